The first-order valence-corrected chi connectivity index (χ1v) is 10.4. The fourth-order valence-corrected chi connectivity index (χ4v) is 4.25. The summed E-state index contributed by atoms with van der Waals surface area (Å²) in [5, 5.41) is 5.99. The van der Waals surface area contributed by atoms with Crippen molar-refractivity contribution in [2.24, 2.45) is 11.8 Å². The average molecular weight is 389 g/mol. The molecule has 0 radical (unpaired) electrons. The molecule has 0 unspecified atom stereocenters. The van der Waals surface area contributed by atoms with Gasteiger partial charge in [0.05, 0.1) is 12.2 Å². The van der Waals surface area contributed by atoms with E-state index in [1.807, 2.05) is 24.3 Å². The zero-order valence-electron chi connectivity index (χ0n) is 16.9. The number of benzene rings is 1. The van der Waals surface area contributed by atoms with Crippen LogP contribution in [0.1, 0.15) is 51.4 Å². The van der Waals surface area contributed by atoms with E-state index < -0.39 is 0 Å². The van der Waals surface area contributed by atoms with Gasteiger partial charge in [-0.25, -0.2) is 0 Å². The van der Waals surface area contributed by atoms with Crippen molar-refractivity contribution < 1.29 is 19.1 Å². The Kier molecular flexibility index (Phi) is 7.45. The molecule has 1 aromatic carbocycles. The molecule has 0 spiro atoms. The molecule has 3 rings (SSSR count). The third kappa shape index (κ3) is 5.55. The SMILES string of the molecule is COC1CCC(C(=O)Nc2ccc(NC(=O)C3CCC(OC)CC3)cc2)CC1. The lowest BCUT2D eigenvalue weighted by molar-refractivity contribution is -0.122. The van der Waals surface area contributed by atoms with Crippen molar-refractivity contribution in [3.8, 4) is 0 Å². The van der Waals surface area contributed by atoms with Gasteiger partial charge in [0.2, 0.25) is 11.8 Å². The normalized spacial score (nSPS) is 27.8. The molecule has 2 N–H and O–H groups in total. The minimum absolute atomic E-state index is 0.0491. The fraction of sp³-hybridized carbons (Fsp3) is 0.636. The van der Waals surface area contributed by atoms with Gasteiger partial charge in [0, 0.05) is 37.4 Å². The summed E-state index contributed by atoms with van der Waals surface area (Å²) >= 11 is 0. The molecule has 0 heterocycles. The molecule has 0 aromatic heterocycles. The largest absolute Gasteiger partial charge is 0.381 e. The summed E-state index contributed by atoms with van der Waals surface area (Å²) in [4.78, 5) is 24.9. The van der Waals surface area contributed by atoms with Gasteiger partial charge in [0.1, 0.15) is 0 Å². The smallest absolute Gasteiger partial charge is 0.227 e. The van der Waals surface area contributed by atoms with Crippen molar-refractivity contribution in [1.29, 1.82) is 0 Å². The first-order chi connectivity index (χ1) is 13.6. The topological polar surface area (TPSA) is 76.7 Å². The van der Waals surface area contributed by atoms with E-state index in [9.17, 15) is 9.59 Å². The molecule has 6 nitrogen and oxygen atoms in total. The maximum absolute atomic E-state index is 12.5. The molecule has 1 aromatic rings. The second-order valence-electron chi connectivity index (χ2n) is 7.97. The van der Waals surface area contributed by atoms with Crippen molar-refractivity contribution in [2.75, 3.05) is 24.9 Å². The fourth-order valence-electron chi connectivity index (χ4n) is 4.25. The summed E-state index contributed by atoms with van der Waals surface area (Å²) in [6.45, 7) is 0. The Morgan fingerprint density at radius 2 is 1.00 bits per heavy atom. The van der Waals surface area contributed by atoms with Crippen LogP contribution in [0.5, 0.6) is 0 Å². The molecule has 0 saturated heterocycles. The molecule has 0 atom stereocenters. The number of ether oxygens (including phenoxy) is 2. The number of methoxy groups -OCH3 is 2. The highest BCUT2D eigenvalue weighted by atomic mass is 16.5. The number of nitrogens with one attached hydrogen (secondary N) is 2. The number of amides is 2. The molecule has 2 aliphatic carbocycles. The molecule has 2 fully saturated rings. The Hall–Kier alpha value is -1.92. The van der Waals surface area contributed by atoms with Crippen LogP contribution in [0, 0.1) is 11.8 Å². The summed E-state index contributed by atoms with van der Waals surface area (Å²) in [5.74, 6) is 0.239. The van der Waals surface area contributed by atoms with Gasteiger partial charge in [0.15, 0.2) is 0 Å². The maximum atomic E-state index is 12.5. The number of carbonyl (C=O) groups excluding carboxylic acids is 2. The molecule has 28 heavy (non-hydrogen) atoms. The third-order valence-electron chi connectivity index (χ3n) is 6.18. The second kappa shape index (κ2) is 10.0. The lowest BCUT2D eigenvalue weighted by Gasteiger charge is -2.27. The van der Waals surface area contributed by atoms with Crippen LogP contribution in [0.3, 0.4) is 0 Å². The van der Waals surface area contributed by atoms with Gasteiger partial charge in [-0.3, -0.25) is 9.59 Å². The molecular weight excluding hydrogens is 356 g/mol. The molecule has 6 heteroatoms. The average Bonchev–Trinajstić information content (AvgIpc) is 2.75. The Morgan fingerprint density at radius 3 is 1.29 bits per heavy atom. The monoisotopic (exact) mass is 388 g/mol. The lowest BCUT2D eigenvalue weighted by Crippen LogP contribution is -2.30. The van der Waals surface area contributed by atoms with Crippen molar-refractivity contribution in [3.63, 3.8) is 0 Å². The number of rotatable bonds is 6. The third-order valence-corrected chi connectivity index (χ3v) is 6.18. The van der Waals surface area contributed by atoms with Gasteiger partial charge < -0.3 is 20.1 Å². The molecule has 2 saturated carbocycles. The van der Waals surface area contributed by atoms with Gasteiger partial charge in [-0.05, 0) is 75.6 Å². The Bertz CT molecular complexity index is 588. The molecule has 2 amide bonds. The molecule has 2 aliphatic rings. The highest BCUT2D eigenvalue weighted by molar-refractivity contribution is 5.94. The molecule has 0 aliphatic heterocycles. The Morgan fingerprint density at radius 1 is 0.679 bits per heavy atom. The van der Waals surface area contributed by atoms with Crippen LogP contribution in [0.4, 0.5) is 11.4 Å². The highest BCUT2D eigenvalue weighted by Gasteiger charge is 2.27. The van der Waals surface area contributed by atoms with Gasteiger partial charge in [-0.2, -0.15) is 0 Å². The van der Waals surface area contributed by atoms with Crippen molar-refractivity contribution in [2.45, 2.75) is 63.6 Å². The molecular formula is C22H32N2O4. The Balaban J connectivity index is 1.46. The first kappa shape index (κ1) is 20.8. The minimum Gasteiger partial charge on any atom is -0.381 e. The van der Waals surface area contributed by atoms with Crippen molar-refractivity contribution >= 4 is 23.2 Å². The van der Waals surface area contributed by atoms with E-state index in [1.54, 1.807) is 14.2 Å². The molecule has 154 valence electrons. The van der Waals surface area contributed by atoms with Crippen LogP contribution in [0.15, 0.2) is 24.3 Å². The summed E-state index contributed by atoms with van der Waals surface area (Å²) in [6, 6.07) is 7.37. The van der Waals surface area contributed by atoms with Gasteiger partial charge in [-0.1, -0.05) is 0 Å². The van der Waals surface area contributed by atoms with Crippen molar-refractivity contribution in [1.82, 2.24) is 0 Å². The lowest BCUT2D eigenvalue weighted by atomic mass is 9.86. The van der Waals surface area contributed by atoms with E-state index >= 15 is 0 Å². The molecule has 0 bridgehead atoms. The predicted molar refractivity (Wildman–Crippen MR) is 109 cm³/mol. The predicted octanol–water partition coefficient (Wildman–Crippen LogP) is 3.97. The van der Waals surface area contributed by atoms with Crippen LogP contribution in [-0.2, 0) is 19.1 Å². The number of hydrogen-bond acceptors (Lipinski definition) is 4. The summed E-state index contributed by atoms with van der Waals surface area (Å²) < 4.78 is 10.7. The summed E-state index contributed by atoms with van der Waals surface area (Å²) in [6.07, 6.45) is 7.78. The number of anilines is 2. The highest BCUT2D eigenvalue weighted by Crippen LogP contribution is 2.28. The number of carbonyl (C=O) groups is 2. The van der Waals surface area contributed by atoms with Gasteiger partial charge in [0.25, 0.3) is 0 Å². The van der Waals surface area contributed by atoms with Gasteiger partial charge in [-0.15, -0.1) is 0 Å². The van der Waals surface area contributed by atoms with Crippen LogP contribution < -0.4 is 10.6 Å². The van der Waals surface area contributed by atoms with E-state index in [0.29, 0.717) is 0 Å². The van der Waals surface area contributed by atoms with Crippen LogP contribution in [0.2, 0.25) is 0 Å². The maximum Gasteiger partial charge on any atom is 0.227 e. The zero-order valence-corrected chi connectivity index (χ0v) is 16.9. The second-order valence-corrected chi connectivity index (χ2v) is 7.97. The van der Waals surface area contributed by atoms with E-state index in [2.05, 4.69) is 10.6 Å². The van der Waals surface area contributed by atoms with Crippen molar-refractivity contribution in [3.05, 3.63) is 24.3 Å². The van der Waals surface area contributed by atoms with Crippen LogP contribution in [0.25, 0.3) is 0 Å². The zero-order chi connectivity index (χ0) is 19.9. The van der Waals surface area contributed by atoms with E-state index in [4.69, 9.17) is 9.47 Å². The summed E-state index contributed by atoms with van der Waals surface area (Å²) in [5.41, 5.74) is 1.52. The van der Waals surface area contributed by atoms with Crippen LogP contribution in [-0.4, -0.2) is 38.2 Å². The first-order valence-electron chi connectivity index (χ1n) is 10.4. The standard InChI is InChI=1S/C22H32N2O4/c1-27-19-11-3-15(4-12-19)21(25)23-17-7-9-18(10-8-17)24-22(26)16-5-13-20(28-2)14-6-16/h7-10,15-16,19-20H,3-6,11-14H2,1-2H3,(H,23,25)(H,24,26). The quantitative estimate of drug-likeness (QED) is 0.773. The van der Waals surface area contributed by atoms with E-state index in [-0.39, 0.29) is 35.9 Å². The Labute approximate surface area is 167 Å². The van der Waals surface area contributed by atoms with E-state index in [1.165, 1.54) is 0 Å². The summed E-state index contributed by atoms with van der Waals surface area (Å²) in [7, 11) is 3.46. The van der Waals surface area contributed by atoms with E-state index in [0.717, 1.165) is 62.7 Å². The minimum atomic E-state index is 0.0491. The van der Waals surface area contributed by atoms with Crippen LogP contribution >= 0.6 is 0 Å². The number of hydrogen-bond donors (Lipinski definition) is 2. The van der Waals surface area contributed by atoms with Gasteiger partial charge >= 0.3 is 0 Å².